The summed E-state index contributed by atoms with van der Waals surface area (Å²) in [6.07, 6.45) is 0. The van der Waals surface area contributed by atoms with Crippen LogP contribution in [0.2, 0.25) is 0 Å². The third-order valence-corrected chi connectivity index (χ3v) is 2.63. The van der Waals surface area contributed by atoms with Gasteiger partial charge in [0.25, 0.3) is 0 Å². The smallest absolute Gasteiger partial charge is 0.387 e. The van der Waals surface area contributed by atoms with E-state index in [1.165, 1.54) is 42.9 Å². The Kier molecular flexibility index (Phi) is 4.06. The van der Waals surface area contributed by atoms with Crippen molar-refractivity contribution in [3.05, 3.63) is 35.5 Å². The van der Waals surface area contributed by atoms with Gasteiger partial charge in [0.15, 0.2) is 0 Å². The van der Waals surface area contributed by atoms with E-state index in [1.54, 1.807) is 0 Å². The molecule has 6 nitrogen and oxygen atoms in total. The van der Waals surface area contributed by atoms with Crippen molar-refractivity contribution in [3.8, 4) is 17.4 Å². The second-order valence-corrected chi connectivity index (χ2v) is 4.15. The number of carboxylic acids is 1. The van der Waals surface area contributed by atoms with Crippen molar-refractivity contribution < 1.29 is 28.2 Å². The Morgan fingerprint density at radius 2 is 2.05 bits per heavy atom. The number of carbonyl (C=O) groups is 1. The van der Waals surface area contributed by atoms with Gasteiger partial charge in [-0.3, -0.25) is 0 Å². The quantitative estimate of drug-likeness (QED) is 0.918. The number of carboxylic acid groups (broad SMARTS) is 1. The van der Waals surface area contributed by atoms with Crippen LogP contribution in [-0.2, 0) is 7.05 Å². The van der Waals surface area contributed by atoms with Crippen LogP contribution in [0.5, 0.6) is 17.4 Å². The van der Waals surface area contributed by atoms with Gasteiger partial charge in [-0.05, 0) is 19.1 Å². The Morgan fingerprint density at radius 1 is 1.38 bits per heavy atom. The van der Waals surface area contributed by atoms with Crippen molar-refractivity contribution in [2.75, 3.05) is 0 Å². The second-order valence-electron chi connectivity index (χ2n) is 4.15. The molecule has 0 unspecified atom stereocenters. The molecular weight excluding hydrogens is 286 g/mol. The standard InChI is InChI=1S/C13H12F2N2O4/c1-7-10(12(18)19)11(17(2)16-7)20-8-4-3-5-9(6-8)21-13(14)15/h3-6,13H,1-2H3,(H,18,19). The summed E-state index contributed by atoms with van der Waals surface area (Å²) in [6.45, 7) is -1.42. The first kappa shape index (κ1) is 14.8. The SMILES string of the molecule is Cc1nn(C)c(Oc2cccc(OC(F)F)c2)c1C(=O)O. The topological polar surface area (TPSA) is 73.6 Å². The first-order chi connectivity index (χ1) is 9.88. The molecule has 0 fully saturated rings. The molecule has 1 N–H and O–H groups in total. The molecule has 0 aliphatic heterocycles. The lowest BCUT2D eigenvalue weighted by atomic mass is 10.2. The summed E-state index contributed by atoms with van der Waals surface area (Å²) in [5.74, 6) is -1.10. The van der Waals surface area contributed by atoms with Gasteiger partial charge in [-0.2, -0.15) is 13.9 Å². The van der Waals surface area contributed by atoms with Crippen molar-refractivity contribution in [1.29, 1.82) is 0 Å². The van der Waals surface area contributed by atoms with Gasteiger partial charge in [-0.15, -0.1) is 0 Å². The van der Waals surface area contributed by atoms with E-state index in [-0.39, 0.29) is 22.9 Å². The van der Waals surface area contributed by atoms with Crippen molar-refractivity contribution in [3.63, 3.8) is 0 Å². The van der Waals surface area contributed by atoms with Gasteiger partial charge in [0.05, 0.1) is 5.69 Å². The number of nitrogens with zero attached hydrogens (tertiary/aromatic N) is 2. The van der Waals surface area contributed by atoms with Gasteiger partial charge >= 0.3 is 12.6 Å². The second kappa shape index (κ2) is 5.78. The van der Waals surface area contributed by atoms with Gasteiger partial charge in [-0.1, -0.05) is 6.07 Å². The van der Waals surface area contributed by atoms with Gasteiger partial charge in [0.2, 0.25) is 5.88 Å². The van der Waals surface area contributed by atoms with E-state index in [9.17, 15) is 13.6 Å². The first-order valence-electron chi connectivity index (χ1n) is 5.88. The zero-order chi connectivity index (χ0) is 15.6. The molecule has 2 rings (SSSR count). The number of aryl methyl sites for hydroxylation is 2. The summed E-state index contributed by atoms with van der Waals surface area (Å²) >= 11 is 0. The number of alkyl halides is 2. The maximum atomic E-state index is 12.2. The van der Waals surface area contributed by atoms with E-state index in [4.69, 9.17) is 9.84 Å². The van der Waals surface area contributed by atoms with E-state index < -0.39 is 12.6 Å². The third-order valence-electron chi connectivity index (χ3n) is 2.63. The Balaban J connectivity index is 2.32. The van der Waals surface area contributed by atoms with Crippen LogP contribution in [0.25, 0.3) is 0 Å². The fourth-order valence-corrected chi connectivity index (χ4v) is 1.83. The highest BCUT2D eigenvalue weighted by atomic mass is 19.3. The molecule has 0 aliphatic carbocycles. The molecule has 21 heavy (non-hydrogen) atoms. The zero-order valence-electron chi connectivity index (χ0n) is 11.2. The summed E-state index contributed by atoms with van der Waals surface area (Å²) in [5.41, 5.74) is 0.206. The molecule has 0 aliphatic rings. The van der Waals surface area contributed by atoms with E-state index in [2.05, 4.69) is 9.84 Å². The molecule has 0 amide bonds. The van der Waals surface area contributed by atoms with Crippen LogP contribution in [0.4, 0.5) is 8.78 Å². The Labute approximate surface area is 118 Å². The lowest BCUT2D eigenvalue weighted by molar-refractivity contribution is -0.0499. The molecule has 8 heteroatoms. The van der Waals surface area contributed by atoms with Crippen molar-refractivity contribution in [2.24, 2.45) is 7.05 Å². The summed E-state index contributed by atoms with van der Waals surface area (Å²) in [6, 6.07) is 5.52. The maximum Gasteiger partial charge on any atom is 0.387 e. The molecule has 0 bridgehead atoms. The molecule has 1 aromatic heterocycles. The fraction of sp³-hybridized carbons (Fsp3) is 0.231. The zero-order valence-corrected chi connectivity index (χ0v) is 11.2. The lowest BCUT2D eigenvalue weighted by Crippen LogP contribution is -2.03. The van der Waals surface area contributed by atoms with Crippen LogP contribution in [0.15, 0.2) is 24.3 Å². The predicted octanol–water partition coefficient (Wildman–Crippen LogP) is 2.82. The first-order valence-corrected chi connectivity index (χ1v) is 5.88. The van der Waals surface area contributed by atoms with Crippen LogP contribution in [-0.4, -0.2) is 27.5 Å². The lowest BCUT2D eigenvalue weighted by Gasteiger charge is -2.09. The average molecular weight is 298 g/mol. The largest absolute Gasteiger partial charge is 0.477 e. The number of aromatic nitrogens is 2. The average Bonchev–Trinajstić information content (AvgIpc) is 2.63. The third kappa shape index (κ3) is 3.28. The fourth-order valence-electron chi connectivity index (χ4n) is 1.83. The molecule has 0 spiro atoms. The van der Waals surface area contributed by atoms with E-state index >= 15 is 0 Å². The molecule has 1 heterocycles. The van der Waals surface area contributed by atoms with Crippen LogP contribution >= 0.6 is 0 Å². The van der Waals surface area contributed by atoms with E-state index in [0.29, 0.717) is 5.69 Å². The number of hydrogen-bond acceptors (Lipinski definition) is 4. The van der Waals surface area contributed by atoms with Gasteiger partial charge < -0.3 is 14.6 Å². The number of rotatable bonds is 5. The normalized spacial score (nSPS) is 10.7. The Hall–Kier alpha value is -2.64. The van der Waals surface area contributed by atoms with Gasteiger partial charge in [-0.25, -0.2) is 9.48 Å². The molecular formula is C13H12F2N2O4. The monoisotopic (exact) mass is 298 g/mol. The van der Waals surface area contributed by atoms with Crippen molar-refractivity contribution in [1.82, 2.24) is 9.78 Å². The number of hydrogen-bond donors (Lipinski definition) is 1. The number of benzene rings is 1. The number of aromatic carboxylic acids is 1. The number of ether oxygens (including phenoxy) is 2. The summed E-state index contributed by atoms with van der Waals surface area (Å²) in [5, 5.41) is 13.1. The van der Waals surface area contributed by atoms with Gasteiger partial charge in [0, 0.05) is 13.1 Å². The minimum Gasteiger partial charge on any atom is -0.477 e. The highest BCUT2D eigenvalue weighted by Crippen LogP contribution is 2.29. The van der Waals surface area contributed by atoms with E-state index in [0.717, 1.165) is 0 Å². The van der Waals surface area contributed by atoms with Crippen molar-refractivity contribution in [2.45, 2.75) is 13.5 Å². The number of halogens is 2. The van der Waals surface area contributed by atoms with Crippen LogP contribution in [0, 0.1) is 6.92 Å². The molecule has 2 aromatic rings. The maximum absolute atomic E-state index is 12.2. The molecule has 0 radical (unpaired) electrons. The predicted molar refractivity (Wildman–Crippen MR) is 68.1 cm³/mol. The molecule has 1 aromatic carbocycles. The van der Waals surface area contributed by atoms with Crippen LogP contribution in [0.1, 0.15) is 16.1 Å². The van der Waals surface area contributed by atoms with Crippen LogP contribution in [0.3, 0.4) is 0 Å². The Bertz CT molecular complexity index is 670. The summed E-state index contributed by atoms with van der Waals surface area (Å²) in [4.78, 5) is 11.2. The van der Waals surface area contributed by atoms with Gasteiger partial charge in [0.1, 0.15) is 17.1 Å². The minimum absolute atomic E-state index is 0.00852. The minimum atomic E-state index is -2.95. The molecule has 112 valence electrons. The summed E-state index contributed by atoms with van der Waals surface area (Å²) in [7, 11) is 1.52. The van der Waals surface area contributed by atoms with E-state index in [1.807, 2.05) is 0 Å². The summed E-state index contributed by atoms with van der Waals surface area (Å²) < 4.78 is 35.3. The molecule has 0 saturated heterocycles. The highest BCUT2D eigenvalue weighted by molar-refractivity contribution is 5.91. The molecule has 0 saturated carbocycles. The van der Waals surface area contributed by atoms with Crippen LogP contribution < -0.4 is 9.47 Å². The Morgan fingerprint density at radius 3 is 2.67 bits per heavy atom. The highest BCUT2D eigenvalue weighted by Gasteiger charge is 2.21. The van der Waals surface area contributed by atoms with Crippen molar-refractivity contribution >= 4 is 5.97 Å². The molecule has 0 atom stereocenters.